The van der Waals surface area contributed by atoms with Gasteiger partial charge in [0.25, 0.3) is 0 Å². The average molecular weight is 201 g/mol. The van der Waals surface area contributed by atoms with E-state index in [9.17, 15) is 0 Å². The third kappa shape index (κ3) is 18.1. The topological polar surface area (TPSA) is 215 Å². The molecular formula is C6H19NO6. The van der Waals surface area contributed by atoms with Gasteiger partial charge in [-0.2, -0.15) is 0 Å². The van der Waals surface area contributed by atoms with Crippen molar-refractivity contribution >= 4 is 5.69 Å². The summed E-state index contributed by atoms with van der Waals surface area (Å²) in [5.74, 6) is 0. The quantitative estimate of drug-likeness (QED) is 0.412. The van der Waals surface area contributed by atoms with E-state index in [0.717, 1.165) is 5.69 Å². The second-order valence-electron chi connectivity index (χ2n) is 1.41. The Bertz CT molecular complexity index is 147. The minimum absolute atomic E-state index is 0. The zero-order chi connectivity index (χ0) is 5.11. The summed E-state index contributed by atoms with van der Waals surface area (Å²) in [4.78, 5) is 0. The molecule has 0 bridgehead atoms. The Morgan fingerprint density at radius 3 is 1.08 bits per heavy atom. The molecule has 84 valence electrons. The van der Waals surface area contributed by atoms with E-state index in [4.69, 9.17) is 5.73 Å². The Labute approximate surface area is 75.7 Å². The van der Waals surface area contributed by atoms with Crippen LogP contribution in [0.15, 0.2) is 30.3 Å². The Morgan fingerprint density at radius 1 is 0.615 bits per heavy atom. The van der Waals surface area contributed by atoms with Gasteiger partial charge in [-0.1, -0.05) is 18.2 Å². The molecule has 7 nitrogen and oxygen atoms in total. The van der Waals surface area contributed by atoms with Gasteiger partial charge in [-0.15, -0.1) is 0 Å². The predicted octanol–water partition coefficient (Wildman–Crippen LogP) is -3.68. The molecule has 1 aromatic carbocycles. The first-order chi connectivity index (χ1) is 3.39. The normalized spacial score (nSPS) is 4.62. The molecule has 14 N–H and O–H groups in total. The lowest BCUT2D eigenvalue weighted by molar-refractivity contribution is 0.823. The monoisotopic (exact) mass is 201 g/mol. The number of hydrogen-bond donors (Lipinski definition) is 1. The molecule has 0 amide bonds. The largest absolute Gasteiger partial charge is 0.412 e. The van der Waals surface area contributed by atoms with E-state index in [-0.39, 0.29) is 32.9 Å². The van der Waals surface area contributed by atoms with Gasteiger partial charge in [-0.3, -0.25) is 0 Å². The summed E-state index contributed by atoms with van der Waals surface area (Å²) in [6.07, 6.45) is 0. The number of benzene rings is 1. The standard InChI is InChI=1S/C6H7N.6H2O/c7-6-4-2-1-3-5-6;;;;;;/h1-5H,7H2;6*1H2. The lowest BCUT2D eigenvalue weighted by Gasteiger charge is -1.83. The molecule has 0 radical (unpaired) electrons. The molecule has 0 aliphatic rings. The van der Waals surface area contributed by atoms with Crippen molar-refractivity contribution in [2.75, 3.05) is 5.73 Å². The van der Waals surface area contributed by atoms with Gasteiger partial charge in [0.2, 0.25) is 0 Å². The van der Waals surface area contributed by atoms with Crippen molar-refractivity contribution in [3.8, 4) is 0 Å². The van der Waals surface area contributed by atoms with E-state index < -0.39 is 0 Å². The van der Waals surface area contributed by atoms with Crippen molar-refractivity contribution in [1.82, 2.24) is 0 Å². The van der Waals surface area contributed by atoms with Crippen LogP contribution in [0.4, 0.5) is 5.69 Å². The van der Waals surface area contributed by atoms with Crippen LogP contribution in [0.2, 0.25) is 0 Å². The van der Waals surface area contributed by atoms with Crippen LogP contribution in [0, 0.1) is 0 Å². The molecule has 0 saturated heterocycles. The van der Waals surface area contributed by atoms with Crippen LogP contribution >= 0.6 is 0 Å². The Kier molecular flexibility index (Phi) is 70.7. The molecule has 13 heavy (non-hydrogen) atoms. The van der Waals surface area contributed by atoms with Crippen molar-refractivity contribution in [3.05, 3.63) is 30.3 Å². The number of anilines is 1. The Morgan fingerprint density at radius 2 is 0.923 bits per heavy atom. The maximum Gasteiger partial charge on any atom is 0.0313 e. The first-order valence-electron chi connectivity index (χ1n) is 2.20. The van der Waals surface area contributed by atoms with Crippen LogP contribution in [-0.2, 0) is 0 Å². The summed E-state index contributed by atoms with van der Waals surface area (Å²) in [5, 5.41) is 0. The van der Waals surface area contributed by atoms with Gasteiger partial charge in [-0.05, 0) is 12.1 Å². The summed E-state index contributed by atoms with van der Waals surface area (Å²) in [6.45, 7) is 0. The minimum atomic E-state index is 0. The number of rotatable bonds is 0. The van der Waals surface area contributed by atoms with Crippen molar-refractivity contribution in [1.29, 1.82) is 0 Å². The Balaban J connectivity index is -0.0000000204. The van der Waals surface area contributed by atoms with E-state index in [1.54, 1.807) is 0 Å². The van der Waals surface area contributed by atoms with Crippen LogP contribution in [0.25, 0.3) is 0 Å². The Hall–Kier alpha value is -1.22. The first kappa shape index (κ1) is 41.0. The van der Waals surface area contributed by atoms with Gasteiger partial charge >= 0.3 is 0 Å². The maximum absolute atomic E-state index is 5.36. The molecule has 1 rings (SSSR count). The van der Waals surface area contributed by atoms with Gasteiger partial charge in [-0.25, -0.2) is 0 Å². The number of hydrogen-bond acceptors (Lipinski definition) is 1. The smallest absolute Gasteiger partial charge is 0.0313 e. The van der Waals surface area contributed by atoms with Crippen molar-refractivity contribution in [2.24, 2.45) is 0 Å². The van der Waals surface area contributed by atoms with E-state index in [2.05, 4.69) is 0 Å². The highest BCUT2D eigenvalue weighted by molar-refractivity contribution is 5.35. The zero-order valence-electron chi connectivity index (χ0n) is 6.96. The fourth-order valence-corrected chi connectivity index (χ4v) is 0.453. The van der Waals surface area contributed by atoms with Gasteiger partial charge in [0.05, 0.1) is 0 Å². The molecule has 1 aromatic rings. The summed E-state index contributed by atoms with van der Waals surface area (Å²) < 4.78 is 0. The number of nitrogen functional groups attached to an aromatic ring is 1. The van der Waals surface area contributed by atoms with Gasteiger partial charge in [0.1, 0.15) is 0 Å². The summed E-state index contributed by atoms with van der Waals surface area (Å²) >= 11 is 0. The highest BCUT2D eigenvalue weighted by Crippen LogP contribution is 1.95. The molecule has 7 heteroatoms. The molecular weight excluding hydrogens is 182 g/mol. The van der Waals surface area contributed by atoms with E-state index >= 15 is 0 Å². The van der Waals surface area contributed by atoms with Gasteiger partial charge < -0.3 is 38.6 Å². The minimum Gasteiger partial charge on any atom is -0.412 e. The molecule has 0 fully saturated rings. The molecule has 0 unspecified atom stereocenters. The highest BCUT2D eigenvalue weighted by atomic mass is 16.0. The van der Waals surface area contributed by atoms with Crippen molar-refractivity contribution in [2.45, 2.75) is 0 Å². The van der Waals surface area contributed by atoms with Crippen LogP contribution < -0.4 is 5.73 Å². The average Bonchev–Trinajstić information content (AvgIpc) is 1.69. The first-order valence-corrected chi connectivity index (χ1v) is 2.20. The fraction of sp³-hybridized carbons (Fsp3) is 0. The summed E-state index contributed by atoms with van der Waals surface area (Å²) in [7, 11) is 0. The molecule has 0 saturated carbocycles. The molecule has 0 aromatic heterocycles. The molecule has 0 heterocycles. The van der Waals surface area contributed by atoms with Crippen LogP contribution in [-0.4, -0.2) is 32.9 Å². The molecule has 0 spiro atoms. The van der Waals surface area contributed by atoms with Crippen molar-refractivity contribution in [3.63, 3.8) is 0 Å². The lowest BCUT2D eigenvalue weighted by atomic mass is 10.3. The van der Waals surface area contributed by atoms with E-state index in [0.29, 0.717) is 0 Å². The predicted molar refractivity (Wildman–Crippen MR) is 52.5 cm³/mol. The number of para-hydroxylation sites is 1. The van der Waals surface area contributed by atoms with Crippen molar-refractivity contribution < 1.29 is 32.9 Å². The summed E-state index contributed by atoms with van der Waals surface area (Å²) in [5.41, 5.74) is 6.18. The van der Waals surface area contributed by atoms with Gasteiger partial charge in [0, 0.05) is 5.69 Å². The van der Waals surface area contributed by atoms with Crippen LogP contribution in [0.1, 0.15) is 0 Å². The maximum atomic E-state index is 5.36. The van der Waals surface area contributed by atoms with E-state index in [1.807, 2.05) is 30.3 Å². The fourth-order valence-electron chi connectivity index (χ4n) is 0.453. The third-order valence-corrected chi connectivity index (χ3v) is 0.800. The molecule has 0 aliphatic heterocycles. The SMILES string of the molecule is Nc1ccccc1.O.O.O.O.O.O. The number of nitrogens with two attached hydrogens (primary N) is 1. The second-order valence-corrected chi connectivity index (χ2v) is 1.41. The lowest BCUT2D eigenvalue weighted by Crippen LogP contribution is -1.79. The molecule has 0 atom stereocenters. The highest BCUT2D eigenvalue weighted by Gasteiger charge is 1.72. The van der Waals surface area contributed by atoms with Crippen LogP contribution in [0.3, 0.4) is 0 Å². The molecule has 0 aliphatic carbocycles. The second kappa shape index (κ2) is 22.4. The van der Waals surface area contributed by atoms with Crippen LogP contribution in [0.5, 0.6) is 0 Å². The summed E-state index contributed by atoms with van der Waals surface area (Å²) in [6, 6.07) is 9.49. The zero-order valence-corrected chi connectivity index (χ0v) is 6.96. The van der Waals surface area contributed by atoms with Gasteiger partial charge in [0.15, 0.2) is 0 Å². The van der Waals surface area contributed by atoms with E-state index in [1.165, 1.54) is 0 Å². The third-order valence-electron chi connectivity index (χ3n) is 0.800.